The Morgan fingerprint density at radius 1 is 1.33 bits per heavy atom. The van der Waals surface area contributed by atoms with E-state index in [1.165, 1.54) is 0 Å². The van der Waals surface area contributed by atoms with Crippen molar-refractivity contribution in [3.63, 3.8) is 0 Å². The van der Waals surface area contributed by atoms with Gasteiger partial charge in [0.05, 0.1) is 5.75 Å². The van der Waals surface area contributed by atoms with Crippen LogP contribution in [0.1, 0.15) is 11.1 Å². The number of nitrogens with zero attached hydrogens (tertiary/aromatic N) is 1. The first-order valence-electron chi connectivity index (χ1n) is 5.12. The van der Waals surface area contributed by atoms with Crippen molar-refractivity contribution in [1.82, 2.24) is 5.17 Å². The fourth-order valence-electron chi connectivity index (χ4n) is 1.19. The summed E-state index contributed by atoms with van der Waals surface area (Å²) < 4.78 is 27.1. The quantitative estimate of drug-likeness (QED) is 0.447. The summed E-state index contributed by atoms with van der Waals surface area (Å²) in [5.41, 5.74) is 6.67. The second-order valence-corrected chi connectivity index (χ2v) is 5.41. The molecule has 1 rings (SSSR count). The average molecular weight is 273 g/mol. The Bertz CT molecular complexity index is 512. The molecule has 0 aliphatic carbocycles. The predicted octanol–water partition coefficient (Wildman–Crippen LogP) is 0.0533. The van der Waals surface area contributed by atoms with E-state index in [1.807, 2.05) is 31.2 Å². The molecule has 0 radical (unpaired) electrons. The normalized spacial score (nSPS) is 11.2. The number of aryl methyl sites for hydroxylation is 2. The van der Waals surface area contributed by atoms with Gasteiger partial charge in [-0.1, -0.05) is 29.8 Å². The van der Waals surface area contributed by atoms with E-state index < -0.39 is 16.1 Å². The number of nitrogens with two attached hydrogens (primary N) is 2. The van der Waals surface area contributed by atoms with Crippen LogP contribution in [0.15, 0.2) is 24.3 Å². The standard InChI is InChI=1S/C10H15N3O4S/c1-8-2-4-9(5-3-8)6-7-18(15,16)17-13(12)10(11)14/h2-5H,6-7,12H2,1H3,(H2,11,14). The van der Waals surface area contributed by atoms with Gasteiger partial charge in [-0.3, -0.25) is 0 Å². The zero-order valence-electron chi connectivity index (χ0n) is 9.87. The number of hydrogen-bond donors (Lipinski definition) is 2. The van der Waals surface area contributed by atoms with E-state index >= 15 is 0 Å². The van der Waals surface area contributed by atoms with Gasteiger partial charge in [0.15, 0.2) is 0 Å². The number of amides is 2. The number of rotatable bonds is 5. The van der Waals surface area contributed by atoms with E-state index in [-0.39, 0.29) is 17.3 Å². The molecule has 18 heavy (non-hydrogen) atoms. The largest absolute Gasteiger partial charge is 0.355 e. The van der Waals surface area contributed by atoms with Crippen LogP contribution in [0.4, 0.5) is 4.79 Å². The number of hydrazine groups is 1. The number of carbonyl (C=O) groups excluding carboxylic acids is 1. The van der Waals surface area contributed by atoms with Gasteiger partial charge < -0.3 is 5.73 Å². The fraction of sp³-hybridized carbons (Fsp3) is 0.300. The number of primary amides is 1. The molecule has 0 fully saturated rings. The van der Waals surface area contributed by atoms with Crippen molar-refractivity contribution in [2.45, 2.75) is 13.3 Å². The predicted molar refractivity (Wildman–Crippen MR) is 65.4 cm³/mol. The van der Waals surface area contributed by atoms with Crippen LogP contribution >= 0.6 is 0 Å². The molecule has 0 aromatic heterocycles. The van der Waals surface area contributed by atoms with Crippen LogP contribution in [0.25, 0.3) is 0 Å². The van der Waals surface area contributed by atoms with Crippen LogP contribution in [0, 0.1) is 6.92 Å². The Morgan fingerprint density at radius 3 is 2.39 bits per heavy atom. The Labute approximate surface area is 105 Å². The molecule has 1 aromatic rings. The van der Waals surface area contributed by atoms with E-state index in [0.29, 0.717) is 0 Å². The lowest BCUT2D eigenvalue weighted by molar-refractivity contribution is -0.00263. The Morgan fingerprint density at radius 2 is 1.89 bits per heavy atom. The van der Waals surface area contributed by atoms with E-state index in [9.17, 15) is 13.2 Å². The van der Waals surface area contributed by atoms with Crippen molar-refractivity contribution >= 4 is 16.1 Å². The Hall–Kier alpha value is -1.64. The van der Waals surface area contributed by atoms with Gasteiger partial charge in [0.1, 0.15) is 0 Å². The summed E-state index contributed by atoms with van der Waals surface area (Å²) in [5, 5.41) is -0.00945. The minimum atomic E-state index is -3.93. The number of urea groups is 1. The molecule has 8 heteroatoms. The molecule has 0 saturated heterocycles. The molecule has 0 aliphatic heterocycles. The van der Waals surface area contributed by atoms with Crippen LogP contribution < -0.4 is 11.6 Å². The third kappa shape index (κ3) is 4.70. The maximum atomic E-state index is 11.4. The first-order chi connectivity index (χ1) is 8.30. The van der Waals surface area contributed by atoms with Gasteiger partial charge in [-0.05, 0) is 18.9 Å². The van der Waals surface area contributed by atoms with Crippen LogP contribution in [0.5, 0.6) is 0 Å². The minimum absolute atomic E-state index is 0.00945. The molecule has 7 nitrogen and oxygen atoms in total. The first-order valence-corrected chi connectivity index (χ1v) is 6.70. The molecule has 0 unspecified atom stereocenters. The maximum absolute atomic E-state index is 11.4. The summed E-state index contributed by atoms with van der Waals surface area (Å²) in [5.74, 6) is 4.65. The average Bonchev–Trinajstić information content (AvgIpc) is 2.27. The lowest BCUT2D eigenvalue weighted by Crippen LogP contribution is -2.43. The minimum Gasteiger partial charge on any atom is -0.349 e. The molecule has 0 atom stereocenters. The Balaban J connectivity index is 2.56. The smallest absolute Gasteiger partial charge is 0.349 e. The second kappa shape index (κ2) is 5.80. The fourth-order valence-corrected chi connectivity index (χ4v) is 2.07. The molecular formula is C10H15N3O4S. The third-order valence-corrected chi connectivity index (χ3v) is 3.26. The van der Waals surface area contributed by atoms with Gasteiger partial charge in [0.2, 0.25) is 0 Å². The molecule has 0 spiro atoms. The molecular weight excluding hydrogens is 258 g/mol. The summed E-state index contributed by atoms with van der Waals surface area (Å²) in [6, 6.07) is 6.20. The van der Waals surface area contributed by atoms with Crippen molar-refractivity contribution in [3.8, 4) is 0 Å². The second-order valence-electron chi connectivity index (χ2n) is 3.74. The molecule has 2 amide bonds. The van der Waals surface area contributed by atoms with E-state index in [4.69, 9.17) is 11.6 Å². The summed E-state index contributed by atoms with van der Waals surface area (Å²) >= 11 is 0. The van der Waals surface area contributed by atoms with Crippen molar-refractivity contribution in [1.29, 1.82) is 0 Å². The first kappa shape index (κ1) is 14.4. The number of carbonyl (C=O) groups is 1. The topological polar surface area (TPSA) is 116 Å². The van der Waals surface area contributed by atoms with Gasteiger partial charge in [-0.15, -0.1) is 9.46 Å². The highest BCUT2D eigenvalue weighted by atomic mass is 32.2. The van der Waals surface area contributed by atoms with Gasteiger partial charge in [-0.25, -0.2) is 10.6 Å². The van der Waals surface area contributed by atoms with Gasteiger partial charge in [0, 0.05) is 0 Å². The molecule has 4 N–H and O–H groups in total. The summed E-state index contributed by atoms with van der Waals surface area (Å²) in [6.07, 6.45) is 0.259. The van der Waals surface area contributed by atoms with Crippen LogP contribution in [-0.2, 0) is 20.8 Å². The zero-order valence-corrected chi connectivity index (χ0v) is 10.7. The van der Waals surface area contributed by atoms with Crippen LogP contribution in [-0.4, -0.2) is 25.4 Å². The van der Waals surface area contributed by atoms with E-state index in [2.05, 4.69) is 4.28 Å². The van der Waals surface area contributed by atoms with Crippen LogP contribution in [0.3, 0.4) is 0 Å². The maximum Gasteiger partial charge on any atom is 0.355 e. The van der Waals surface area contributed by atoms with Gasteiger partial charge in [0.25, 0.3) is 10.1 Å². The molecule has 100 valence electrons. The van der Waals surface area contributed by atoms with Crippen molar-refractivity contribution in [2.24, 2.45) is 11.6 Å². The SMILES string of the molecule is Cc1ccc(CCS(=O)(=O)ON(N)C(N)=O)cc1. The molecule has 0 saturated carbocycles. The highest BCUT2D eigenvalue weighted by Gasteiger charge is 2.18. The molecule has 0 bridgehead atoms. The highest BCUT2D eigenvalue weighted by Crippen LogP contribution is 2.06. The van der Waals surface area contributed by atoms with Gasteiger partial charge >= 0.3 is 6.03 Å². The molecule has 0 heterocycles. The van der Waals surface area contributed by atoms with Crippen molar-refractivity contribution in [3.05, 3.63) is 35.4 Å². The van der Waals surface area contributed by atoms with Crippen molar-refractivity contribution in [2.75, 3.05) is 5.75 Å². The molecule has 0 aliphatic rings. The summed E-state index contributed by atoms with van der Waals surface area (Å²) in [7, 11) is -3.93. The Kier molecular flexibility index (Phi) is 4.65. The van der Waals surface area contributed by atoms with Crippen molar-refractivity contribution < 1.29 is 17.5 Å². The summed E-state index contributed by atoms with van der Waals surface area (Å²) in [4.78, 5) is 10.5. The highest BCUT2D eigenvalue weighted by molar-refractivity contribution is 7.86. The molecule has 1 aromatic carbocycles. The number of hydroxylamine groups is 1. The van der Waals surface area contributed by atoms with Crippen LogP contribution in [0.2, 0.25) is 0 Å². The third-order valence-electron chi connectivity index (χ3n) is 2.17. The number of hydrogen-bond acceptors (Lipinski definition) is 5. The summed E-state index contributed by atoms with van der Waals surface area (Å²) in [6.45, 7) is 1.93. The van der Waals surface area contributed by atoms with E-state index in [1.54, 1.807) is 0 Å². The van der Waals surface area contributed by atoms with E-state index in [0.717, 1.165) is 11.1 Å². The lowest BCUT2D eigenvalue weighted by Gasteiger charge is -2.12. The van der Waals surface area contributed by atoms with Gasteiger partial charge in [-0.2, -0.15) is 8.42 Å². The number of benzene rings is 1. The zero-order chi connectivity index (χ0) is 13.8. The monoisotopic (exact) mass is 273 g/mol. The lowest BCUT2D eigenvalue weighted by atomic mass is 10.1.